The van der Waals surface area contributed by atoms with Crippen LogP contribution >= 0.6 is 11.3 Å². The molecule has 2 heterocycles. The van der Waals surface area contributed by atoms with Gasteiger partial charge in [0.15, 0.2) is 5.69 Å². The zero-order valence-electron chi connectivity index (χ0n) is 8.00. The molecule has 0 saturated heterocycles. The zero-order chi connectivity index (χ0) is 11.0. The van der Waals surface area contributed by atoms with Crippen molar-refractivity contribution in [3.05, 3.63) is 16.4 Å². The number of aromatic nitrogens is 5. The number of hydrogen-bond acceptors (Lipinski definition) is 6. The van der Waals surface area contributed by atoms with Crippen molar-refractivity contribution in [3.8, 4) is 5.13 Å². The van der Waals surface area contributed by atoms with Gasteiger partial charge in [-0.2, -0.15) is 4.68 Å². The molecule has 0 atom stereocenters. The maximum atomic E-state index is 10.7. The highest BCUT2D eigenvalue weighted by atomic mass is 32.1. The van der Waals surface area contributed by atoms with E-state index in [0.29, 0.717) is 10.8 Å². The molecule has 0 bridgehead atoms. The number of carboxylic acids is 1. The Morgan fingerprint density at radius 2 is 2.07 bits per heavy atom. The standard InChI is InChI=1S/C7H7N5O2S/c1-3-5(6(13)14)9-11-12(3)7-10-8-4(2)15-7/h1-2H3,(H,13,14). The Kier molecular flexibility index (Phi) is 2.19. The normalized spacial score (nSPS) is 10.5. The number of aromatic carboxylic acids is 1. The van der Waals surface area contributed by atoms with Crippen LogP contribution in [0.5, 0.6) is 0 Å². The summed E-state index contributed by atoms with van der Waals surface area (Å²) in [6.07, 6.45) is 0. The molecule has 0 saturated carbocycles. The minimum atomic E-state index is -1.10. The summed E-state index contributed by atoms with van der Waals surface area (Å²) in [4.78, 5) is 10.7. The predicted octanol–water partition coefficient (Wildman–Crippen LogP) is 0.434. The van der Waals surface area contributed by atoms with E-state index in [1.54, 1.807) is 6.92 Å². The smallest absolute Gasteiger partial charge is 0.358 e. The molecule has 0 fully saturated rings. The number of nitrogens with zero attached hydrogens (tertiary/aromatic N) is 5. The Balaban J connectivity index is 2.50. The van der Waals surface area contributed by atoms with Crippen LogP contribution in [0.2, 0.25) is 0 Å². The van der Waals surface area contributed by atoms with Gasteiger partial charge in [0.25, 0.3) is 0 Å². The van der Waals surface area contributed by atoms with Gasteiger partial charge in [-0.15, -0.1) is 15.3 Å². The third kappa shape index (κ3) is 1.59. The average molecular weight is 225 g/mol. The van der Waals surface area contributed by atoms with Crippen LogP contribution in [0.15, 0.2) is 0 Å². The fourth-order valence-corrected chi connectivity index (χ4v) is 1.77. The lowest BCUT2D eigenvalue weighted by atomic mass is 10.3. The van der Waals surface area contributed by atoms with Crippen molar-refractivity contribution in [2.45, 2.75) is 13.8 Å². The van der Waals surface area contributed by atoms with Gasteiger partial charge in [-0.1, -0.05) is 16.6 Å². The summed E-state index contributed by atoms with van der Waals surface area (Å²) in [6.45, 7) is 3.44. The van der Waals surface area contributed by atoms with Crippen LogP contribution < -0.4 is 0 Å². The molecule has 78 valence electrons. The van der Waals surface area contributed by atoms with Crippen LogP contribution in [-0.2, 0) is 0 Å². The average Bonchev–Trinajstić information content (AvgIpc) is 2.71. The van der Waals surface area contributed by atoms with Crippen molar-refractivity contribution in [1.82, 2.24) is 25.2 Å². The lowest BCUT2D eigenvalue weighted by Gasteiger charge is -1.94. The molecule has 1 N–H and O–H groups in total. The Labute approximate surface area is 88.4 Å². The SMILES string of the molecule is Cc1nnc(-n2nnc(C(=O)O)c2C)s1. The Morgan fingerprint density at radius 1 is 1.33 bits per heavy atom. The summed E-state index contributed by atoms with van der Waals surface area (Å²) in [5, 5.41) is 25.0. The summed E-state index contributed by atoms with van der Waals surface area (Å²) in [5.74, 6) is -1.10. The van der Waals surface area contributed by atoms with Crippen molar-refractivity contribution >= 4 is 17.3 Å². The van der Waals surface area contributed by atoms with Gasteiger partial charge < -0.3 is 5.11 Å². The molecule has 0 spiro atoms. The van der Waals surface area contributed by atoms with Crippen molar-refractivity contribution in [2.75, 3.05) is 0 Å². The highest BCUT2D eigenvalue weighted by Crippen LogP contribution is 2.15. The summed E-state index contributed by atoms with van der Waals surface area (Å²) in [7, 11) is 0. The maximum absolute atomic E-state index is 10.7. The van der Waals surface area contributed by atoms with Crippen molar-refractivity contribution < 1.29 is 9.90 Å². The molecule has 0 amide bonds. The lowest BCUT2D eigenvalue weighted by Crippen LogP contribution is -2.02. The third-order valence-corrected chi connectivity index (χ3v) is 2.61. The van der Waals surface area contributed by atoms with Crippen LogP contribution in [0.3, 0.4) is 0 Å². The van der Waals surface area contributed by atoms with Gasteiger partial charge >= 0.3 is 5.97 Å². The Hall–Kier alpha value is -1.83. The minimum Gasteiger partial charge on any atom is -0.476 e. The van der Waals surface area contributed by atoms with Gasteiger partial charge in [0, 0.05) is 0 Å². The van der Waals surface area contributed by atoms with Crippen molar-refractivity contribution in [2.24, 2.45) is 0 Å². The van der Waals surface area contributed by atoms with Gasteiger partial charge in [0.2, 0.25) is 5.13 Å². The highest BCUT2D eigenvalue weighted by Gasteiger charge is 2.17. The number of aryl methyl sites for hydroxylation is 1. The van der Waals surface area contributed by atoms with E-state index in [1.165, 1.54) is 16.0 Å². The molecular formula is C7H7N5O2S. The first-order chi connectivity index (χ1) is 7.09. The second-order valence-corrected chi connectivity index (χ2v) is 4.00. The predicted molar refractivity (Wildman–Crippen MR) is 51.3 cm³/mol. The van der Waals surface area contributed by atoms with Crippen LogP contribution in [0.25, 0.3) is 5.13 Å². The Morgan fingerprint density at radius 3 is 2.53 bits per heavy atom. The molecule has 0 aliphatic heterocycles. The first-order valence-electron chi connectivity index (χ1n) is 4.05. The summed E-state index contributed by atoms with van der Waals surface area (Å²) in [5.41, 5.74) is 0.376. The van der Waals surface area contributed by atoms with Gasteiger partial charge in [-0.05, 0) is 13.8 Å². The molecular weight excluding hydrogens is 218 g/mol. The van der Waals surface area contributed by atoms with E-state index in [-0.39, 0.29) is 5.69 Å². The summed E-state index contributed by atoms with van der Waals surface area (Å²) < 4.78 is 1.37. The number of rotatable bonds is 2. The molecule has 2 aromatic rings. The van der Waals surface area contributed by atoms with E-state index in [4.69, 9.17) is 5.11 Å². The first-order valence-corrected chi connectivity index (χ1v) is 4.87. The highest BCUT2D eigenvalue weighted by molar-refractivity contribution is 7.13. The van der Waals surface area contributed by atoms with Crippen molar-refractivity contribution in [3.63, 3.8) is 0 Å². The van der Waals surface area contributed by atoms with Gasteiger partial charge in [-0.3, -0.25) is 0 Å². The largest absolute Gasteiger partial charge is 0.476 e. The minimum absolute atomic E-state index is 0.0668. The fourth-order valence-electron chi connectivity index (χ4n) is 1.08. The van der Waals surface area contributed by atoms with Gasteiger partial charge in [0.05, 0.1) is 5.69 Å². The number of hydrogen-bond donors (Lipinski definition) is 1. The van der Waals surface area contributed by atoms with Gasteiger partial charge in [-0.25, -0.2) is 4.79 Å². The second-order valence-electron chi connectivity index (χ2n) is 2.84. The Bertz CT molecular complexity index is 517. The molecule has 0 unspecified atom stereocenters. The van der Waals surface area contributed by atoms with E-state index < -0.39 is 5.97 Å². The summed E-state index contributed by atoms with van der Waals surface area (Å²) in [6, 6.07) is 0. The second kappa shape index (κ2) is 3.39. The zero-order valence-corrected chi connectivity index (χ0v) is 8.82. The van der Waals surface area contributed by atoms with Crippen LogP contribution in [-0.4, -0.2) is 36.3 Å². The molecule has 2 rings (SSSR count). The topological polar surface area (TPSA) is 93.8 Å². The molecule has 7 nitrogen and oxygen atoms in total. The number of carbonyl (C=O) groups is 1. The van der Waals surface area contributed by atoms with Gasteiger partial charge in [0.1, 0.15) is 5.01 Å². The fraction of sp³-hybridized carbons (Fsp3) is 0.286. The van der Waals surface area contributed by atoms with E-state index in [2.05, 4.69) is 20.5 Å². The molecule has 8 heteroatoms. The van der Waals surface area contributed by atoms with E-state index in [9.17, 15) is 4.79 Å². The molecule has 0 aliphatic rings. The van der Waals surface area contributed by atoms with Crippen LogP contribution in [0.1, 0.15) is 21.2 Å². The van der Waals surface area contributed by atoms with Crippen molar-refractivity contribution in [1.29, 1.82) is 0 Å². The molecule has 0 radical (unpaired) electrons. The van der Waals surface area contributed by atoms with Crippen LogP contribution in [0.4, 0.5) is 0 Å². The van der Waals surface area contributed by atoms with Crippen LogP contribution in [0, 0.1) is 13.8 Å². The quantitative estimate of drug-likeness (QED) is 0.796. The van der Waals surface area contributed by atoms with E-state index >= 15 is 0 Å². The third-order valence-electron chi connectivity index (χ3n) is 1.79. The van der Waals surface area contributed by atoms with E-state index in [0.717, 1.165) is 5.01 Å². The molecule has 0 aromatic carbocycles. The summed E-state index contributed by atoms with van der Waals surface area (Å²) >= 11 is 1.33. The molecule has 15 heavy (non-hydrogen) atoms. The lowest BCUT2D eigenvalue weighted by molar-refractivity contribution is 0.0689. The monoisotopic (exact) mass is 225 g/mol. The van der Waals surface area contributed by atoms with E-state index in [1.807, 2.05) is 6.92 Å². The number of carboxylic acid groups (broad SMARTS) is 1. The molecule has 0 aliphatic carbocycles. The maximum Gasteiger partial charge on any atom is 0.358 e. The molecule has 2 aromatic heterocycles. The first kappa shape index (κ1) is 9.71.